The quantitative estimate of drug-likeness (QED) is 0.369. The molecule has 6 nitrogen and oxygen atoms in total. The zero-order chi connectivity index (χ0) is 23.3. The average Bonchev–Trinajstić information content (AvgIpc) is 2.74. The van der Waals surface area contributed by atoms with Gasteiger partial charge in [-0.1, -0.05) is 0 Å². The van der Waals surface area contributed by atoms with Crippen molar-refractivity contribution in [1.29, 1.82) is 0 Å². The van der Waals surface area contributed by atoms with E-state index < -0.39 is 11.6 Å². The van der Waals surface area contributed by atoms with Crippen LogP contribution in [0.5, 0.6) is 0 Å². The number of carbonyl (C=O) groups excluding carboxylic acids is 2. The van der Waals surface area contributed by atoms with Gasteiger partial charge in [0.25, 0.3) is 0 Å². The van der Waals surface area contributed by atoms with E-state index in [9.17, 15) is 14.0 Å². The number of hydrogen-bond acceptors (Lipinski definition) is 6. The maximum Gasteiger partial charge on any atom is 0.337 e. The third kappa shape index (κ3) is 6.09. The minimum atomic E-state index is -0.506. The first-order valence-electron chi connectivity index (χ1n) is 10.5. The van der Waals surface area contributed by atoms with Crippen LogP contribution < -0.4 is 0 Å². The maximum atomic E-state index is 13.4. The van der Waals surface area contributed by atoms with Gasteiger partial charge in [-0.2, -0.15) is 0 Å². The van der Waals surface area contributed by atoms with Gasteiger partial charge in [-0.05, 0) is 82.5 Å². The van der Waals surface area contributed by atoms with Gasteiger partial charge < -0.3 is 9.47 Å². The molecule has 0 bridgehead atoms. The van der Waals surface area contributed by atoms with Gasteiger partial charge in [0, 0.05) is 12.0 Å². The molecule has 32 heavy (non-hydrogen) atoms. The highest BCUT2D eigenvalue weighted by Crippen LogP contribution is 2.26. The normalized spacial score (nSPS) is 11.4. The Kier molecular flexibility index (Phi) is 7.18. The number of rotatable bonds is 7. The molecule has 0 saturated carbocycles. The summed E-state index contributed by atoms with van der Waals surface area (Å²) in [6.07, 6.45) is 2.22. The number of halogens is 1. The van der Waals surface area contributed by atoms with Crippen molar-refractivity contribution >= 4 is 23.0 Å². The lowest BCUT2D eigenvalue weighted by Gasteiger charge is -2.19. The highest BCUT2D eigenvalue weighted by atomic mass is 19.1. The largest absolute Gasteiger partial charge is 0.465 e. The number of hydrogen-bond donors (Lipinski definition) is 0. The van der Waals surface area contributed by atoms with Gasteiger partial charge in [0.05, 0.1) is 35.1 Å². The fraction of sp³-hybridized carbons (Fsp3) is 0.360. The Morgan fingerprint density at radius 3 is 2.34 bits per heavy atom. The third-order valence-corrected chi connectivity index (χ3v) is 4.74. The van der Waals surface area contributed by atoms with E-state index in [0.717, 1.165) is 11.3 Å². The number of nitrogens with zero attached hydrogens (tertiary/aromatic N) is 2. The number of unbranched alkanes of at least 4 members (excludes halogenated alkanes) is 1. The molecule has 168 valence electrons. The van der Waals surface area contributed by atoms with Crippen molar-refractivity contribution in [3.8, 4) is 11.3 Å². The van der Waals surface area contributed by atoms with Crippen LogP contribution in [0.2, 0.25) is 0 Å². The van der Waals surface area contributed by atoms with E-state index in [-0.39, 0.29) is 11.8 Å². The Bertz CT molecular complexity index is 1120. The molecule has 0 radical (unpaired) electrons. The van der Waals surface area contributed by atoms with Crippen LogP contribution in [0.25, 0.3) is 22.3 Å². The van der Waals surface area contributed by atoms with Gasteiger partial charge >= 0.3 is 11.9 Å². The fourth-order valence-corrected chi connectivity index (χ4v) is 3.30. The Hall–Kier alpha value is -3.35. The number of benzene rings is 2. The molecular formula is C25H27FN2O4. The van der Waals surface area contributed by atoms with Crippen LogP contribution in [0.3, 0.4) is 0 Å². The highest BCUT2D eigenvalue weighted by molar-refractivity contribution is 5.93. The Balaban J connectivity index is 1.86. The van der Waals surface area contributed by atoms with Crippen molar-refractivity contribution in [3.63, 3.8) is 0 Å². The molecule has 0 aliphatic rings. The third-order valence-electron chi connectivity index (χ3n) is 4.74. The number of aryl methyl sites for hydroxylation is 1. The lowest BCUT2D eigenvalue weighted by Crippen LogP contribution is -2.23. The molecule has 0 fully saturated rings. The molecule has 1 aromatic heterocycles. The Labute approximate surface area is 186 Å². The maximum absolute atomic E-state index is 13.4. The van der Waals surface area contributed by atoms with Crippen LogP contribution in [0.15, 0.2) is 42.5 Å². The van der Waals surface area contributed by atoms with E-state index in [0.29, 0.717) is 48.0 Å². The smallest absolute Gasteiger partial charge is 0.337 e. The first-order valence-corrected chi connectivity index (χ1v) is 10.5. The summed E-state index contributed by atoms with van der Waals surface area (Å²) in [5.41, 5.74) is 3.19. The first-order chi connectivity index (χ1) is 15.2. The first kappa shape index (κ1) is 23.3. The van der Waals surface area contributed by atoms with Crippen molar-refractivity contribution in [2.45, 2.75) is 52.1 Å². The summed E-state index contributed by atoms with van der Waals surface area (Å²) in [6, 6.07) is 11.1. The van der Waals surface area contributed by atoms with E-state index >= 15 is 0 Å². The van der Waals surface area contributed by atoms with Crippen molar-refractivity contribution < 1.29 is 23.5 Å². The molecule has 0 atom stereocenters. The SMILES string of the molecule is COC(=O)c1ccc2nc(-c3ccc(F)cc3)c(CCCCC(=O)OC(C)(C)C)nc2c1. The van der Waals surface area contributed by atoms with E-state index in [1.54, 1.807) is 30.3 Å². The van der Waals surface area contributed by atoms with Crippen molar-refractivity contribution in [2.24, 2.45) is 0 Å². The lowest BCUT2D eigenvalue weighted by atomic mass is 10.0. The standard InChI is InChI=1S/C25H27FN2O4/c1-25(2,3)32-22(29)8-6-5-7-20-23(16-9-12-18(26)13-10-16)28-19-14-11-17(24(30)31-4)15-21(19)27-20/h9-15H,5-8H2,1-4H3. The molecule has 0 saturated heterocycles. The highest BCUT2D eigenvalue weighted by Gasteiger charge is 2.17. The number of aromatic nitrogens is 2. The van der Waals surface area contributed by atoms with Crippen molar-refractivity contribution in [3.05, 3.63) is 59.5 Å². The molecule has 0 spiro atoms. The number of ether oxygens (including phenoxy) is 2. The molecule has 3 rings (SSSR count). The van der Waals surface area contributed by atoms with Gasteiger partial charge in [0.2, 0.25) is 0 Å². The second-order valence-electron chi connectivity index (χ2n) is 8.51. The summed E-state index contributed by atoms with van der Waals surface area (Å²) >= 11 is 0. The van der Waals surface area contributed by atoms with Gasteiger partial charge in [0.15, 0.2) is 0 Å². The van der Waals surface area contributed by atoms with Crippen LogP contribution in [0.4, 0.5) is 4.39 Å². The van der Waals surface area contributed by atoms with Gasteiger partial charge in [-0.3, -0.25) is 4.79 Å². The van der Waals surface area contributed by atoms with Crippen molar-refractivity contribution in [2.75, 3.05) is 7.11 Å². The van der Waals surface area contributed by atoms with Crippen LogP contribution in [-0.4, -0.2) is 34.6 Å². The molecule has 0 unspecified atom stereocenters. The summed E-state index contributed by atoms with van der Waals surface area (Å²) in [5, 5.41) is 0. The number of carbonyl (C=O) groups is 2. The molecule has 0 aliphatic carbocycles. The minimum absolute atomic E-state index is 0.233. The summed E-state index contributed by atoms with van der Waals surface area (Å²) in [6.45, 7) is 5.52. The van der Waals surface area contributed by atoms with E-state index in [1.165, 1.54) is 19.2 Å². The zero-order valence-corrected chi connectivity index (χ0v) is 18.8. The summed E-state index contributed by atoms with van der Waals surface area (Å²) in [5.74, 6) is -1.01. The molecule has 0 amide bonds. The zero-order valence-electron chi connectivity index (χ0n) is 18.8. The summed E-state index contributed by atoms with van der Waals surface area (Å²) in [7, 11) is 1.33. The summed E-state index contributed by atoms with van der Waals surface area (Å²) < 4.78 is 23.6. The minimum Gasteiger partial charge on any atom is -0.465 e. The Morgan fingerprint density at radius 1 is 0.969 bits per heavy atom. The summed E-state index contributed by atoms with van der Waals surface area (Å²) in [4.78, 5) is 33.3. The predicted molar refractivity (Wildman–Crippen MR) is 120 cm³/mol. The van der Waals surface area contributed by atoms with Gasteiger partial charge in [-0.15, -0.1) is 0 Å². The second kappa shape index (κ2) is 9.85. The topological polar surface area (TPSA) is 78.4 Å². The van der Waals surface area contributed by atoms with Crippen LogP contribution >= 0.6 is 0 Å². The molecule has 0 aliphatic heterocycles. The lowest BCUT2D eigenvalue weighted by molar-refractivity contribution is -0.154. The van der Waals surface area contributed by atoms with E-state index in [2.05, 4.69) is 0 Å². The Morgan fingerprint density at radius 2 is 1.69 bits per heavy atom. The molecular weight excluding hydrogens is 411 g/mol. The van der Waals surface area contributed by atoms with Gasteiger partial charge in [0.1, 0.15) is 11.4 Å². The molecule has 7 heteroatoms. The number of fused-ring (bicyclic) bond motifs is 1. The second-order valence-corrected chi connectivity index (χ2v) is 8.51. The van der Waals surface area contributed by atoms with Crippen LogP contribution in [0.1, 0.15) is 56.1 Å². The average molecular weight is 438 g/mol. The van der Waals surface area contributed by atoms with E-state index in [1.807, 2.05) is 20.8 Å². The van der Waals surface area contributed by atoms with E-state index in [4.69, 9.17) is 19.4 Å². The number of esters is 2. The molecule has 0 N–H and O–H groups in total. The molecule has 2 aromatic carbocycles. The predicted octanol–water partition coefficient (Wildman–Crippen LogP) is 5.28. The van der Waals surface area contributed by atoms with Crippen LogP contribution in [0, 0.1) is 5.82 Å². The monoisotopic (exact) mass is 438 g/mol. The van der Waals surface area contributed by atoms with Gasteiger partial charge in [-0.25, -0.2) is 19.2 Å². The molecule has 3 aromatic rings. The van der Waals surface area contributed by atoms with Crippen LogP contribution in [-0.2, 0) is 20.7 Å². The number of methoxy groups -OCH3 is 1. The van der Waals surface area contributed by atoms with Crippen molar-refractivity contribution in [1.82, 2.24) is 9.97 Å². The fourth-order valence-electron chi connectivity index (χ4n) is 3.30. The molecule has 1 heterocycles.